The van der Waals surface area contributed by atoms with Gasteiger partial charge in [-0.15, -0.1) is 0 Å². The maximum Gasteiger partial charge on any atom is 0.219 e. The van der Waals surface area contributed by atoms with Crippen molar-refractivity contribution in [3.05, 3.63) is 0 Å². The second-order valence-electron chi connectivity index (χ2n) is 9.84. The number of rotatable bonds is 1. The zero-order chi connectivity index (χ0) is 23.9. The maximum atomic E-state index is 11.3. The molecule has 2 aliphatic heterocycles. The van der Waals surface area contributed by atoms with Gasteiger partial charge in [0.1, 0.15) is 0 Å². The molecule has 3 heteroatoms. The van der Waals surface area contributed by atoms with Crippen molar-refractivity contribution in [3.8, 4) is 0 Å². The molecule has 2 saturated heterocycles. The normalized spacial score (nSPS) is 32.9. The third-order valence-electron chi connectivity index (χ3n) is 8.03. The molecule has 31 heavy (non-hydrogen) atoms. The molecular weight excluding hydrogens is 380 g/mol. The predicted molar refractivity (Wildman–Crippen MR) is 139 cm³/mol. The Labute approximate surface area is 196 Å². The predicted octanol–water partition coefficient (Wildman–Crippen LogP) is 7.69. The van der Waals surface area contributed by atoms with E-state index in [0.29, 0.717) is 5.41 Å². The summed E-state index contributed by atoms with van der Waals surface area (Å²) >= 11 is 0. The fourth-order valence-corrected chi connectivity index (χ4v) is 5.83. The molecule has 186 valence electrons. The minimum absolute atomic E-state index is 0.269. The van der Waals surface area contributed by atoms with E-state index >= 15 is 0 Å². The summed E-state index contributed by atoms with van der Waals surface area (Å²) in [5.74, 6) is 2.16. The van der Waals surface area contributed by atoms with Crippen LogP contribution in [-0.4, -0.2) is 37.0 Å². The van der Waals surface area contributed by atoms with E-state index in [1.165, 1.54) is 77.3 Å². The van der Waals surface area contributed by atoms with Crippen LogP contribution in [0.4, 0.5) is 0 Å². The fourth-order valence-electron chi connectivity index (χ4n) is 5.83. The third kappa shape index (κ3) is 8.37. The third-order valence-corrected chi connectivity index (χ3v) is 8.03. The van der Waals surface area contributed by atoms with Crippen molar-refractivity contribution in [1.82, 2.24) is 10.2 Å². The van der Waals surface area contributed by atoms with Crippen molar-refractivity contribution in [2.45, 2.75) is 127 Å². The Balaban J connectivity index is 0.000000464. The van der Waals surface area contributed by atoms with Gasteiger partial charge < -0.3 is 10.2 Å². The number of amides is 1. The molecule has 1 amide bonds. The van der Waals surface area contributed by atoms with Gasteiger partial charge in [0.2, 0.25) is 5.91 Å². The molecule has 2 heterocycles. The highest BCUT2D eigenvalue weighted by Gasteiger charge is 2.48. The summed E-state index contributed by atoms with van der Waals surface area (Å²) < 4.78 is 0. The molecule has 3 unspecified atom stereocenters. The average Bonchev–Trinajstić information content (AvgIpc) is 2.82. The highest BCUT2D eigenvalue weighted by Crippen LogP contribution is 2.53. The highest BCUT2D eigenvalue weighted by molar-refractivity contribution is 5.73. The van der Waals surface area contributed by atoms with Gasteiger partial charge >= 0.3 is 0 Å². The van der Waals surface area contributed by atoms with E-state index in [1.807, 2.05) is 27.7 Å². The summed E-state index contributed by atoms with van der Waals surface area (Å²) in [4.78, 5) is 13.4. The topological polar surface area (TPSA) is 32.3 Å². The van der Waals surface area contributed by atoms with Crippen LogP contribution in [0.3, 0.4) is 0 Å². The van der Waals surface area contributed by atoms with Crippen LogP contribution in [0.15, 0.2) is 0 Å². The minimum atomic E-state index is 0.269. The van der Waals surface area contributed by atoms with Crippen molar-refractivity contribution in [2.75, 3.05) is 26.2 Å². The van der Waals surface area contributed by atoms with Crippen LogP contribution < -0.4 is 5.32 Å². The molecule has 2 aliphatic carbocycles. The first-order valence-corrected chi connectivity index (χ1v) is 13.9. The van der Waals surface area contributed by atoms with Crippen LogP contribution >= 0.6 is 0 Å². The average molecular weight is 439 g/mol. The van der Waals surface area contributed by atoms with Gasteiger partial charge in [0.15, 0.2) is 0 Å². The number of nitrogens with one attached hydrogen (secondary N) is 1. The molecule has 4 fully saturated rings. The van der Waals surface area contributed by atoms with E-state index < -0.39 is 0 Å². The van der Waals surface area contributed by atoms with E-state index in [-0.39, 0.29) is 5.91 Å². The van der Waals surface area contributed by atoms with E-state index in [0.717, 1.165) is 30.3 Å². The quantitative estimate of drug-likeness (QED) is 0.455. The van der Waals surface area contributed by atoms with E-state index in [2.05, 4.69) is 37.9 Å². The summed E-state index contributed by atoms with van der Waals surface area (Å²) in [5, 5.41) is 3.51. The van der Waals surface area contributed by atoms with Gasteiger partial charge in [-0.3, -0.25) is 4.79 Å². The van der Waals surface area contributed by atoms with Gasteiger partial charge in [-0.25, -0.2) is 0 Å². The van der Waals surface area contributed by atoms with Crippen molar-refractivity contribution < 1.29 is 4.79 Å². The molecule has 2 spiro atoms. The minimum Gasteiger partial charge on any atom is -0.342 e. The zero-order valence-corrected chi connectivity index (χ0v) is 22.9. The Morgan fingerprint density at radius 3 is 1.84 bits per heavy atom. The second-order valence-corrected chi connectivity index (χ2v) is 9.84. The largest absolute Gasteiger partial charge is 0.342 e. The van der Waals surface area contributed by atoms with Gasteiger partial charge in [-0.05, 0) is 80.6 Å². The first-order valence-electron chi connectivity index (χ1n) is 13.9. The summed E-state index contributed by atoms with van der Waals surface area (Å²) in [5.41, 5.74) is 1.27. The molecule has 0 aromatic rings. The van der Waals surface area contributed by atoms with E-state index in [9.17, 15) is 4.79 Å². The fraction of sp³-hybridized carbons (Fsp3) is 0.964. The molecule has 0 radical (unpaired) electrons. The zero-order valence-electron chi connectivity index (χ0n) is 22.9. The smallest absolute Gasteiger partial charge is 0.219 e. The molecule has 0 bridgehead atoms. The number of carbonyl (C=O) groups excluding carboxylic acids is 1. The van der Waals surface area contributed by atoms with Crippen LogP contribution in [-0.2, 0) is 4.79 Å². The summed E-state index contributed by atoms with van der Waals surface area (Å²) in [7, 11) is 0. The Bertz CT molecular complexity index is 456. The van der Waals surface area contributed by atoms with Crippen LogP contribution in [0.25, 0.3) is 0 Å². The number of hydrogen-bond acceptors (Lipinski definition) is 2. The molecular formula is C28H58N2O. The van der Waals surface area contributed by atoms with Crippen molar-refractivity contribution >= 4 is 5.91 Å². The molecule has 2 saturated carbocycles. The lowest BCUT2D eigenvalue weighted by atomic mass is 9.56. The number of piperidine rings is 2. The van der Waals surface area contributed by atoms with Crippen molar-refractivity contribution in [1.29, 1.82) is 0 Å². The van der Waals surface area contributed by atoms with Gasteiger partial charge in [0, 0.05) is 26.6 Å². The van der Waals surface area contributed by atoms with Crippen molar-refractivity contribution in [2.24, 2.45) is 22.7 Å². The number of carbonyl (C=O) groups is 1. The van der Waals surface area contributed by atoms with E-state index in [4.69, 9.17) is 0 Å². The first-order chi connectivity index (χ1) is 14.9. The lowest BCUT2D eigenvalue weighted by Gasteiger charge is -2.54. The number of nitrogens with zero attached hydrogens (tertiary/aromatic N) is 1. The molecule has 0 aromatic carbocycles. The lowest BCUT2D eigenvalue weighted by Crippen LogP contribution is -2.53. The molecule has 4 rings (SSSR count). The number of likely N-dealkylation sites (tertiary alicyclic amines) is 1. The monoisotopic (exact) mass is 438 g/mol. The first kappa shape index (κ1) is 30.4. The standard InChI is InChI=1S/C12H21NO.C9H17N.C3H8.2C2H6/c1-3-11-5-7-12(11)6-4-8-13(9-12)10(2)14;1-8-3-5-9(8)4-2-6-10-7-9;1-3-2;2*1-2/h11H,3-9H2,1-2H3;8,10H,2-7H2,1H3;3H2,1-2H3;2*1-2H3/t;8?,9-;;;/m.0.../s1. The Kier molecular flexibility index (Phi) is 15.8. The van der Waals surface area contributed by atoms with E-state index in [1.54, 1.807) is 6.92 Å². The highest BCUT2D eigenvalue weighted by atomic mass is 16.2. The SMILES string of the molecule is CC.CC.CC1CC[C@]12CCCNC2.CCC.CCC1CCC12CCCN(C(C)=O)C2. The Hall–Kier alpha value is -0.570. The molecule has 3 nitrogen and oxygen atoms in total. The Morgan fingerprint density at radius 1 is 0.935 bits per heavy atom. The van der Waals surface area contributed by atoms with Gasteiger partial charge in [-0.2, -0.15) is 0 Å². The maximum absolute atomic E-state index is 11.3. The van der Waals surface area contributed by atoms with Crippen LogP contribution in [0, 0.1) is 22.7 Å². The van der Waals surface area contributed by atoms with Gasteiger partial charge in [-0.1, -0.05) is 68.2 Å². The molecule has 0 aromatic heterocycles. The van der Waals surface area contributed by atoms with Gasteiger partial charge in [0.05, 0.1) is 0 Å². The van der Waals surface area contributed by atoms with Crippen LogP contribution in [0.5, 0.6) is 0 Å². The lowest BCUT2D eigenvalue weighted by molar-refractivity contribution is -0.137. The molecule has 1 N–H and O–H groups in total. The van der Waals surface area contributed by atoms with Crippen molar-refractivity contribution in [3.63, 3.8) is 0 Å². The Morgan fingerprint density at radius 2 is 1.52 bits per heavy atom. The summed E-state index contributed by atoms with van der Waals surface area (Å²) in [6.07, 6.45) is 13.7. The number of hydrogen-bond donors (Lipinski definition) is 1. The molecule has 4 aliphatic rings. The second kappa shape index (κ2) is 16.1. The van der Waals surface area contributed by atoms with Crippen LogP contribution in [0.2, 0.25) is 0 Å². The summed E-state index contributed by atoms with van der Waals surface area (Å²) in [6.45, 7) is 23.3. The summed E-state index contributed by atoms with van der Waals surface area (Å²) in [6, 6.07) is 0. The molecule has 4 atom stereocenters. The van der Waals surface area contributed by atoms with Gasteiger partial charge in [0.25, 0.3) is 0 Å². The van der Waals surface area contributed by atoms with Crippen LogP contribution in [0.1, 0.15) is 127 Å².